The lowest BCUT2D eigenvalue weighted by Gasteiger charge is -2.10. The van der Waals surface area contributed by atoms with Gasteiger partial charge >= 0.3 is 11.9 Å². The standard InChI is InChI=1S/C18H21N3O5/c1-3-4-9-26-18(24)14-7-5-6-8-15(14)21-17(23)13(10-19)11-20-12-16(22)25-2/h5-8,11,20H,3-4,9,12H2,1-2H3,(H,21,23)/b13-11-. The molecule has 1 aromatic rings. The lowest BCUT2D eigenvalue weighted by atomic mass is 10.1. The number of methoxy groups -OCH3 is 1. The van der Waals surface area contributed by atoms with Gasteiger partial charge in [0, 0.05) is 6.20 Å². The van der Waals surface area contributed by atoms with Gasteiger partial charge in [0.05, 0.1) is 25.0 Å². The number of nitrogens with zero attached hydrogens (tertiary/aromatic N) is 1. The molecule has 0 unspecified atom stereocenters. The van der Waals surface area contributed by atoms with Crippen LogP contribution in [0.25, 0.3) is 0 Å². The average Bonchev–Trinajstić information content (AvgIpc) is 2.65. The van der Waals surface area contributed by atoms with Gasteiger partial charge in [-0.3, -0.25) is 9.59 Å². The highest BCUT2D eigenvalue weighted by molar-refractivity contribution is 6.09. The fraction of sp³-hybridized carbons (Fsp3) is 0.333. The van der Waals surface area contributed by atoms with Gasteiger partial charge in [-0.25, -0.2) is 4.79 Å². The van der Waals surface area contributed by atoms with E-state index in [9.17, 15) is 14.4 Å². The molecule has 0 aliphatic carbocycles. The third kappa shape index (κ3) is 6.65. The van der Waals surface area contributed by atoms with Gasteiger partial charge in [0.2, 0.25) is 0 Å². The van der Waals surface area contributed by atoms with E-state index in [4.69, 9.17) is 10.00 Å². The zero-order valence-corrected chi connectivity index (χ0v) is 14.7. The van der Waals surface area contributed by atoms with Crippen molar-refractivity contribution in [1.82, 2.24) is 5.32 Å². The van der Waals surface area contributed by atoms with Gasteiger partial charge in [-0.15, -0.1) is 0 Å². The Morgan fingerprint density at radius 3 is 2.65 bits per heavy atom. The van der Waals surface area contributed by atoms with E-state index in [0.717, 1.165) is 19.0 Å². The molecule has 0 bridgehead atoms. The average molecular weight is 359 g/mol. The summed E-state index contributed by atoms with van der Waals surface area (Å²) in [5.74, 6) is -1.82. The highest BCUT2D eigenvalue weighted by Crippen LogP contribution is 2.17. The van der Waals surface area contributed by atoms with Crippen LogP contribution in [0.4, 0.5) is 5.69 Å². The molecule has 1 aromatic carbocycles. The van der Waals surface area contributed by atoms with Crippen molar-refractivity contribution in [2.45, 2.75) is 19.8 Å². The molecule has 8 heteroatoms. The third-order valence-electron chi connectivity index (χ3n) is 3.21. The number of nitrogens with one attached hydrogen (secondary N) is 2. The van der Waals surface area contributed by atoms with E-state index >= 15 is 0 Å². The molecule has 0 aromatic heterocycles. The largest absolute Gasteiger partial charge is 0.468 e. The number of carbonyl (C=O) groups is 3. The van der Waals surface area contributed by atoms with Crippen LogP contribution in [-0.2, 0) is 19.1 Å². The molecular weight excluding hydrogens is 338 g/mol. The monoisotopic (exact) mass is 359 g/mol. The summed E-state index contributed by atoms with van der Waals surface area (Å²) in [4.78, 5) is 35.4. The lowest BCUT2D eigenvalue weighted by molar-refractivity contribution is -0.139. The molecule has 26 heavy (non-hydrogen) atoms. The minimum atomic E-state index is -0.723. The molecule has 0 atom stereocenters. The van der Waals surface area contributed by atoms with Crippen molar-refractivity contribution in [2.75, 3.05) is 25.6 Å². The van der Waals surface area contributed by atoms with Gasteiger partial charge in [-0.1, -0.05) is 25.5 Å². The summed E-state index contributed by atoms with van der Waals surface area (Å²) in [7, 11) is 1.22. The van der Waals surface area contributed by atoms with Gasteiger partial charge in [0.15, 0.2) is 0 Å². The number of ether oxygens (including phenoxy) is 2. The predicted molar refractivity (Wildman–Crippen MR) is 94.0 cm³/mol. The van der Waals surface area contributed by atoms with E-state index in [1.54, 1.807) is 18.2 Å². The van der Waals surface area contributed by atoms with Crippen molar-refractivity contribution in [2.24, 2.45) is 0 Å². The highest BCUT2D eigenvalue weighted by Gasteiger charge is 2.16. The first-order valence-corrected chi connectivity index (χ1v) is 8.01. The topological polar surface area (TPSA) is 118 Å². The third-order valence-corrected chi connectivity index (χ3v) is 3.21. The number of carbonyl (C=O) groups excluding carboxylic acids is 3. The van der Waals surface area contributed by atoms with Crippen LogP contribution in [0, 0.1) is 11.3 Å². The van der Waals surface area contributed by atoms with Crippen LogP contribution in [0.3, 0.4) is 0 Å². The molecule has 138 valence electrons. The second-order valence-corrected chi connectivity index (χ2v) is 5.12. The number of anilines is 1. The summed E-state index contributed by atoms with van der Waals surface area (Å²) >= 11 is 0. The number of benzene rings is 1. The fourth-order valence-corrected chi connectivity index (χ4v) is 1.80. The molecule has 0 saturated carbocycles. The Kier molecular flexibility index (Phi) is 8.96. The van der Waals surface area contributed by atoms with E-state index in [1.165, 1.54) is 19.2 Å². The van der Waals surface area contributed by atoms with Crippen LogP contribution < -0.4 is 10.6 Å². The number of hydrogen-bond acceptors (Lipinski definition) is 7. The summed E-state index contributed by atoms with van der Waals surface area (Å²) < 4.78 is 9.59. The van der Waals surface area contributed by atoms with E-state index in [2.05, 4.69) is 15.4 Å². The molecule has 0 aliphatic heterocycles. The summed E-state index contributed by atoms with van der Waals surface area (Å²) in [6.07, 6.45) is 2.74. The van der Waals surface area contributed by atoms with Crippen LogP contribution in [-0.4, -0.2) is 38.1 Å². The summed E-state index contributed by atoms with van der Waals surface area (Å²) in [6.45, 7) is 2.08. The predicted octanol–water partition coefficient (Wildman–Crippen LogP) is 1.75. The van der Waals surface area contributed by atoms with E-state index in [0.29, 0.717) is 6.61 Å². The number of hydrogen-bond donors (Lipinski definition) is 2. The van der Waals surface area contributed by atoms with E-state index < -0.39 is 17.8 Å². The van der Waals surface area contributed by atoms with Gasteiger partial charge in [0.25, 0.3) is 5.91 Å². The number of rotatable bonds is 9. The molecule has 0 saturated heterocycles. The molecule has 0 fully saturated rings. The van der Waals surface area contributed by atoms with Gasteiger partial charge < -0.3 is 20.1 Å². The maximum atomic E-state index is 12.2. The minimum absolute atomic E-state index is 0.185. The highest BCUT2D eigenvalue weighted by atomic mass is 16.5. The zero-order valence-electron chi connectivity index (χ0n) is 14.7. The number of nitriles is 1. The van der Waals surface area contributed by atoms with Gasteiger partial charge in [-0.05, 0) is 18.6 Å². The van der Waals surface area contributed by atoms with Crippen LogP contribution in [0.2, 0.25) is 0 Å². The summed E-state index contributed by atoms with van der Waals surface area (Å²) in [6, 6.07) is 8.07. The Morgan fingerprint density at radius 1 is 1.27 bits per heavy atom. The SMILES string of the molecule is CCCCOC(=O)c1ccccc1NC(=O)/C(C#N)=C\NCC(=O)OC. The Balaban J connectivity index is 2.82. The number of amides is 1. The van der Waals surface area contributed by atoms with Crippen LogP contribution in [0.5, 0.6) is 0 Å². The van der Waals surface area contributed by atoms with Crippen molar-refractivity contribution in [3.63, 3.8) is 0 Å². The molecule has 0 heterocycles. The molecule has 0 spiro atoms. The van der Waals surface area contributed by atoms with Crippen molar-refractivity contribution in [1.29, 1.82) is 5.26 Å². The van der Waals surface area contributed by atoms with Gasteiger partial charge in [0.1, 0.15) is 18.2 Å². The molecular formula is C18H21N3O5. The number of esters is 2. The van der Waals surface area contributed by atoms with E-state index in [-0.39, 0.29) is 23.4 Å². The Morgan fingerprint density at radius 2 is 2.00 bits per heavy atom. The quantitative estimate of drug-likeness (QED) is 0.298. The Hall–Kier alpha value is -3.34. The molecule has 0 aliphatic rings. The minimum Gasteiger partial charge on any atom is -0.468 e. The lowest BCUT2D eigenvalue weighted by Crippen LogP contribution is -2.22. The summed E-state index contributed by atoms with van der Waals surface area (Å²) in [5, 5.41) is 14.1. The Labute approximate surface area is 151 Å². The fourth-order valence-electron chi connectivity index (χ4n) is 1.80. The van der Waals surface area contributed by atoms with Crippen molar-refractivity contribution >= 4 is 23.5 Å². The molecule has 1 amide bonds. The molecule has 2 N–H and O–H groups in total. The van der Waals surface area contributed by atoms with Crippen LogP contribution in [0.1, 0.15) is 30.1 Å². The smallest absolute Gasteiger partial charge is 0.340 e. The van der Waals surface area contributed by atoms with Crippen molar-refractivity contribution in [3.05, 3.63) is 41.6 Å². The first-order valence-electron chi connectivity index (χ1n) is 8.01. The molecule has 1 rings (SSSR count). The second kappa shape index (κ2) is 11.3. The number of unbranched alkanes of at least 4 members (excludes halogenated alkanes) is 1. The maximum Gasteiger partial charge on any atom is 0.340 e. The van der Waals surface area contributed by atoms with Crippen LogP contribution >= 0.6 is 0 Å². The van der Waals surface area contributed by atoms with Gasteiger partial charge in [-0.2, -0.15) is 5.26 Å². The number of para-hydroxylation sites is 1. The maximum absolute atomic E-state index is 12.2. The van der Waals surface area contributed by atoms with Crippen molar-refractivity contribution in [3.8, 4) is 6.07 Å². The first kappa shape index (κ1) is 20.7. The normalized spacial score (nSPS) is 10.4. The van der Waals surface area contributed by atoms with Crippen molar-refractivity contribution < 1.29 is 23.9 Å². The summed E-state index contributed by atoms with van der Waals surface area (Å²) in [5.41, 5.74) is 0.160. The molecule has 0 radical (unpaired) electrons. The second-order valence-electron chi connectivity index (χ2n) is 5.12. The Bertz CT molecular complexity index is 722. The first-order chi connectivity index (χ1) is 12.5. The molecule has 8 nitrogen and oxygen atoms in total. The zero-order chi connectivity index (χ0) is 19.4. The van der Waals surface area contributed by atoms with E-state index in [1.807, 2.05) is 6.92 Å². The van der Waals surface area contributed by atoms with Crippen LogP contribution in [0.15, 0.2) is 36.0 Å².